The molecule has 2 bridgehead atoms. The van der Waals surface area contributed by atoms with E-state index in [-0.39, 0.29) is 24.8 Å². The van der Waals surface area contributed by atoms with Crippen LogP contribution in [0, 0.1) is 23.2 Å². The molecule has 5 atom stereocenters. The highest BCUT2D eigenvalue weighted by atomic mass is 32.1. The molecule has 1 aromatic heterocycles. The number of imide groups is 1. The van der Waals surface area contributed by atoms with E-state index < -0.39 is 29.1 Å². The number of carbonyl (C=O) groups is 2. The Morgan fingerprint density at radius 3 is 2.58 bits per heavy atom. The summed E-state index contributed by atoms with van der Waals surface area (Å²) in [6, 6.07) is 20.3. The van der Waals surface area contributed by atoms with Gasteiger partial charge in [-0.05, 0) is 60.4 Å². The molecule has 0 aliphatic carbocycles. The lowest BCUT2D eigenvalue weighted by Crippen LogP contribution is -2.49. The monoisotopic (exact) mass is 552 g/mol. The molecule has 3 aliphatic rings. The first-order valence-corrected chi connectivity index (χ1v) is 13.8. The Kier molecular flexibility index (Phi) is 5.54. The van der Waals surface area contributed by atoms with E-state index in [2.05, 4.69) is 15.7 Å². The zero-order valence-corrected chi connectivity index (χ0v) is 22.3. The summed E-state index contributed by atoms with van der Waals surface area (Å²) >= 11 is 1.31. The molecular formula is C30H24N4O5S. The van der Waals surface area contributed by atoms with Crippen molar-refractivity contribution in [3.05, 3.63) is 72.4 Å². The van der Waals surface area contributed by atoms with Crippen molar-refractivity contribution in [1.82, 2.24) is 9.59 Å². The van der Waals surface area contributed by atoms with Crippen LogP contribution in [0.15, 0.2) is 66.9 Å². The summed E-state index contributed by atoms with van der Waals surface area (Å²) < 4.78 is 16.3. The van der Waals surface area contributed by atoms with Crippen LogP contribution in [0.25, 0.3) is 21.2 Å². The summed E-state index contributed by atoms with van der Waals surface area (Å²) in [6.07, 6.45) is 1.39. The van der Waals surface area contributed by atoms with E-state index in [1.54, 1.807) is 31.3 Å². The number of ether oxygens (including phenoxy) is 2. The molecule has 0 radical (unpaired) electrons. The van der Waals surface area contributed by atoms with Gasteiger partial charge < -0.3 is 14.6 Å². The van der Waals surface area contributed by atoms with Crippen LogP contribution < -0.4 is 9.64 Å². The maximum absolute atomic E-state index is 14.1. The van der Waals surface area contributed by atoms with E-state index in [1.165, 1.54) is 16.4 Å². The van der Waals surface area contributed by atoms with Crippen molar-refractivity contribution in [1.29, 1.82) is 5.26 Å². The smallest absolute Gasteiger partial charge is 0.240 e. The van der Waals surface area contributed by atoms with E-state index in [0.717, 1.165) is 10.4 Å². The SMILES string of the molecule is C[C@]12O[C@](CCOc3ccc(-c4cnns4)cc3)(C[C@@H]1O)[C@H]1C(=O)N(c3ccc(C#N)c4ccccc34)C(=O)[C@@H]12. The number of nitriles is 1. The van der Waals surface area contributed by atoms with Crippen molar-refractivity contribution < 1.29 is 24.2 Å². The Morgan fingerprint density at radius 1 is 1.10 bits per heavy atom. The number of aliphatic hydroxyl groups is 1. The number of benzene rings is 3. The molecule has 3 fully saturated rings. The lowest BCUT2D eigenvalue weighted by atomic mass is 9.66. The maximum atomic E-state index is 14.1. The quantitative estimate of drug-likeness (QED) is 0.355. The third kappa shape index (κ3) is 3.45. The van der Waals surface area contributed by atoms with Gasteiger partial charge in [-0.2, -0.15) is 5.26 Å². The van der Waals surface area contributed by atoms with Gasteiger partial charge in [-0.1, -0.05) is 28.8 Å². The number of fused-ring (bicyclic) bond motifs is 6. The number of amides is 2. The van der Waals surface area contributed by atoms with Crippen molar-refractivity contribution in [2.24, 2.45) is 11.8 Å². The number of hydrogen-bond acceptors (Lipinski definition) is 9. The molecule has 3 aliphatic heterocycles. The average molecular weight is 553 g/mol. The van der Waals surface area contributed by atoms with Crippen LogP contribution in [0.5, 0.6) is 5.75 Å². The highest BCUT2D eigenvalue weighted by Gasteiger charge is 2.77. The molecule has 0 unspecified atom stereocenters. The maximum Gasteiger partial charge on any atom is 0.240 e. The van der Waals surface area contributed by atoms with Crippen molar-refractivity contribution in [2.75, 3.05) is 11.5 Å². The lowest BCUT2D eigenvalue weighted by Gasteiger charge is -2.33. The first kappa shape index (κ1) is 24.8. The fraction of sp³-hybridized carbons (Fsp3) is 0.300. The van der Waals surface area contributed by atoms with E-state index in [9.17, 15) is 20.0 Å². The van der Waals surface area contributed by atoms with E-state index in [4.69, 9.17) is 9.47 Å². The molecule has 1 N–H and O–H groups in total. The summed E-state index contributed by atoms with van der Waals surface area (Å²) in [6.45, 7) is 1.97. The van der Waals surface area contributed by atoms with Crippen molar-refractivity contribution in [3.8, 4) is 22.3 Å². The molecule has 4 heterocycles. The Balaban J connectivity index is 1.17. The fourth-order valence-electron chi connectivity index (χ4n) is 6.79. The molecule has 9 nitrogen and oxygen atoms in total. The van der Waals surface area contributed by atoms with Gasteiger partial charge in [0, 0.05) is 23.6 Å². The predicted molar refractivity (Wildman–Crippen MR) is 146 cm³/mol. The zero-order valence-electron chi connectivity index (χ0n) is 21.5. The Morgan fingerprint density at radius 2 is 1.85 bits per heavy atom. The van der Waals surface area contributed by atoms with Gasteiger partial charge >= 0.3 is 0 Å². The third-order valence-corrected chi connectivity index (χ3v) is 9.38. The largest absolute Gasteiger partial charge is 0.493 e. The lowest BCUT2D eigenvalue weighted by molar-refractivity contribution is -0.134. The highest BCUT2D eigenvalue weighted by molar-refractivity contribution is 7.09. The minimum atomic E-state index is -1.18. The first-order chi connectivity index (χ1) is 19.4. The van der Waals surface area contributed by atoms with Gasteiger partial charge in [-0.15, -0.1) is 5.10 Å². The van der Waals surface area contributed by atoms with Gasteiger partial charge in [0.25, 0.3) is 0 Å². The second-order valence-electron chi connectivity index (χ2n) is 10.7. The van der Waals surface area contributed by atoms with Crippen molar-refractivity contribution >= 4 is 39.8 Å². The molecule has 10 heteroatoms. The Bertz CT molecular complexity index is 1700. The van der Waals surface area contributed by atoms with Crippen LogP contribution in [-0.2, 0) is 14.3 Å². The number of aliphatic hydroxyl groups excluding tert-OH is 1. The number of rotatable bonds is 6. The van der Waals surface area contributed by atoms with Gasteiger partial charge in [0.2, 0.25) is 11.8 Å². The van der Waals surface area contributed by atoms with Gasteiger partial charge in [-0.3, -0.25) is 9.59 Å². The first-order valence-electron chi connectivity index (χ1n) is 13.0. The molecule has 0 spiro atoms. The molecule has 0 saturated carbocycles. The molecular weight excluding hydrogens is 528 g/mol. The van der Waals surface area contributed by atoms with E-state index in [0.29, 0.717) is 34.2 Å². The van der Waals surface area contributed by atoms with Crippen LogP contribution in [-0.4, -0.2) is 50.4 Å². The molecule has 40 heavy (non-hydrogen) atoms. The van der Waals surface area contributed by atoms with Crippen LogP contribution in [0.1, 0.15) is 25.3 Å². The minimum Gasteiger partial charge on any atom is -0.493 e. The van der Waals surface area contributed by atoms with Crippen molar-refractivity contribution in [2.45, 2.75) is 37.1 Å². The highest BCUT2D eigenvalue weighted by Crippen LogP contribution is 2.62. The number of nitrogens with zero attached hydrogens (tertiary/aromatic N) is 4. The fourth-order valence-corrected chi connectivity index (χ4v) is 7.31. The minimum absolute atomic E-state index is 0.242. The topological polar surface area (TPSA) is 126 Å². The van der Waals surface area contributed by atoms with Crippen molar-refractivity contribution in [3.63, 3.8) is 0 Å². The molecule has 3 saturated heterocycles. The summed E-state index contributed by atoms with van der Waals surface area (Å²) in [5, 5.41) is 25.8. The number of carbonyl (C=O) groups excluding carboxylic acids is 2. The van der Waals surface area contributed by atoms with Gasteiger partial charge in [0.15, 0.2) is 0 Å². The average Bonchev–Trinajstić information content (AvgIpc) is 3.70. The molecule has 200 valence electrons. The molecule has 7 rings (SSSR count). The predicted octanol–water partition coefficient (Wildman–Crippen LogP) is 4.10. The van der Waals surface area contributed by atoms with Gasteiger partial charge in [-0.25, -0.2) is 4.90 Å². The second kappa shape index (κ2) is 8.93. The molecule has 3 aromatic carbocycles. The van der Waals surface area contributed by atoms with E-state index in [1.807, 2.05) is 42.5 Å². The Hall–Kier alpha value is -4.17. The van der Waals surface area contributed by atoms with Gasteiger partial charge in [0.05, 0.1) is 58.5 Å². The van der Waals surface area contributed by atoms with Crippen LogP contribution >= 0.6 is 11.5 Å². The van der Waals surface area contributed by atoms with Gasteiger partial charge in [0.1, 0.15) is 11.4 Å². The van der Waals surface area contributed by atoms with Crippen LogP contribution in [0.3, 0.4) is 0 Å². The Labute approximate surface area is 233 Å². The number of aromatic nitrogens is 2. The molecule has 4 aromatic rings. The summed E-state index contributed by atoms with van der Waals surface area (Å²) in [4.78, 5) is 30.2. The summed E-state index contributed by atoms with van der Waals surface area (Å²) in [5.74, 6) is -1.63. The summed E-state index contributed by atoms with van der Waals surface area (Å²) in [7, 11) is 0. The van der Waals surface area contributed by atoms with E-state index >= 15 is 0 Å². The third-order valence-electron chi connectivity index (χ3n) is 8.67. The number of anilines is 1. The molecule has 2 amide bonds. The number of hydrogen-bond donors (Lipinski definition) is 1. The summed E-state index contributed by atoms with van der Waals surface area (Å²) in [5.41, 5.74) is -0.312. The standard InChI is InChI=1S/C30H24N4O5S/c1-29-24(35)14-30(39-29,12-13-38-19-9-6-17(7-10-19)23-16-32-33-40-23)26-25(29)27(36)34(28(26)37)22-11-8-18(15-31)20-4-2-3-5-21(20)22/h2-11,16,24-26,35H,12-14H2,1H3/t24-,25+,26+,29-,30+/m0/s1. The van der Waals surface area contributed by atoms with Crippen LogP contribution in [0.4, 0.5) is 5.69 Å². The zero-order chi connectivity index (χ0) is 27.6. The van der Waals surface area contributed by atoms with Crippen LogP contribution in [0.2, 0.25) is 0 Å². The normalized spacial score (nSPS) is 28.7. The second-order valence-corrected chi connectivity index (χ2v) is 11.5.